The van der Waals surface area contributed by atoms with Crippen molar-refractivity contribution in [3.63, 3.8) is 0 Å². The van der Waals surface area contributed by atoms with Crippen molar-refractivity contribution in [3.05, 3.63) is 102 Å². The number of carbonyl (C=O) groups is 1. The Morgan fingerprint density at radius 1 is 0.812 bits per heavy atom. The van der Waals surface area contributed by atoms with Gasteiger partial charge in [0.1, 0.15) is 0 Å². The Kier molecular flexibility index (Phi) is 8.59. The highest BCUT2D eigenvalue weighted by atomic mass is 32.2. The minimum Gasteiger partial charge on any atom is -0.352 e. The Morgan fingerprint density at radius 3 is 1.88 bits per heavy atom. The summed E-state index contributed by atoms with van der Waals surface area (Å²) < 4.78 is 27.7. The molecule has 168 valence electrons. The molecular formula is C26H30N2O3S. The first-order valence-electron chi connectivity index (χ1n) is 10.9. The minimum absolute atomic E-state index is 0.0573. The summed E-state index contributed by atoms with van der Waals surface area (Å²) in [5, 5.41) is 2.96. The lowest BCUT2D eigenvalue weighted by atomic mass is 10.1. The van der Waals surface area contributed by atoms with Crippen LogP contribution in [0.25, 0.3) is 0 Å². The van der Waals surface area contributed by atoms with Gasteiger partial charge in [0.25, 0.3) is 0 Å². The van der Waals surface area contributed by atoms with E-state index in [1.807, 2.05) is 55.5 Å². The van der Waals surface area contributed by atoms with Gasteiger partial charge >= 0.3 is 0 Å². The van der Waals surface area contributed by atoms with Gasteiger partial charge in [-0.05, 0) is 49.4 Å². The Morgan fingerprint density at radius 2 is 1.31 bits per heavy atom. The molecule has 0 unspecified atom stereocenters. The highest BCUT2D eigenvalue weighted by Gasteiger charge is 2.26. The zero-order valence-corrected chi connectivity index (χ0v) is 19.2. The molecule has 32 heavy (non-hydrogen) atoms. The number of carbonyl (C=O) groups excluding carboxylic acids is 1. The van der Waals surface area contributed by atoms with Gasteiger partial charge in [-0.3, -0.25) is 4.79 Å². The molecule has 0 aliphatic heterocycles. The smallest absolute Gasteiger partial charge is 0.243 e. The van der Waals surface area contributed by atoms with Crippen molar-refractivity contribution in [1.82, 2.24) is 9.62 Å². The van der Waals surface area contributed by atoms with E-state index in [1.165, 1.54) is 9.87 Å². The summed E-state index contributed by atoms with van der Waals surface area (Å²) >= 11 is 0. The van der Waals surface area contributed by atoms with Crippen LogP contribution in [0.2, 0.25) is 0 Å². The topological polar surface area (TPSA) is 66.5 Å². The molecule has 0 saturated heterocycles. The quantitative estimate of drug-likeness (QED) is 0.479. The second-order valence-corrected chi connectivity index (χ2v) is 9.82. The molecule has 0 aliphatic carbocycles. The molecule has 0 bridgehead atoms. The lowest BCUT2D eigenvalue weighted by Crippen LogP contribution is -2.44. The van der Waals surface area contributed by atoms with Gasteiger partial charge in [-0.25, -0.2) is 8.42 Å². The summed E-state index contributed by atoms with van der Waals surface area (Å²) in [6.45, 7) is 1.97. The van der Waals surface area contributed by atoms with Crippen LogP contribution in [0.1, 0.15) is 24.5 Å². The number of hydrogen-bond acceptors (Lipinski definition) is 3. The average molecular weight is 451 g/mol. The summed E-state index contributed by atoms with van der Waals surface area (Å²) in [5.41, 5.74) is 2.24. The molecule has 1 N–H and O–H groups in total. The fraction of sp³-hybridized carbons (Fsp3) is 0.269. The van der Waals surface area contributed by atoms with Gasteiger partial charge in [0.2, 0.25) is 15.9 Å². The van der Waals surface area contributed by atoms with E-state index in [0.717, 1.165) is 18.4 Å². The molecule has 0 spiro atoms. The van der Waals surface area contributed by atoms with Crippen molar-refractivity contribution in [1.29, 1.82) is 0 Å². The van der Waals surface area contributed by atoms with E-state index in [-0.39, 0.29) is 29.9 Å². The van der Waals surface area contributed by atoms with Crippen LogP contribution in [0.15, 0.2) is 95.9 Å². The van der Waals surface area contributed by atoms with Gasteiger partial charge in [0, 0.05) is 12.6 Å². The van der Waals surface area contributed by atoms with Crippen LogP contribution in [0.5, 0.6) is 0 Å². The molecule has 3 aromatic carbocycles. The second-order valence-electron chi connectivity index (χ2n) is 7.88. The maximum Gasteiger partial charge on any atom is 0.243 e. The first-order valence-corrected chi connectivity index (χ1v) is 12.3. The van der Waals surface area contributed by atoms with E-state index in [1.54, 1.807) is 30.3 Å². The summed E-state index contributed by atoms with van der Waals surface area (Å²) in [6, 6.07) is 28.0. The van der Waals surface area contributed by atoms with Crippen molar-refractivity contribution in [3.8, 4) is 0 Å². The van der Waals surface area contributed by atoms with E-state index in [4.69, 9.17) is 0 Å². The van der Waals surface area contributed by atoms with Crippen LogP contribution in [0.3, 0.4) is 0 Å². The fourth-order valence-electron chi connectivity index (χ4n) is 3.50. The van der Waals surface area contributed by atoms with E-state index in [9.17, 15) is 13.2 Å². The third-order valence-corrected chi connectivity index (χ3v) is 7.17. The predicted octanol–water partition coefficient (Wildman–Crippen LogP) is 4.06. The number of rotatable bonds is 11. The van der Waals surface area contributed by atoms with Crippen molar-refractivity contribution < 1.29 is 13.2 Å². The van der Waals surface area contributed by atoms with Crippen LogP contribution in [0, 0.1) is 0 Å². The molecule has 5 nitrogen and oxygen atoms in total. The average Bonchev–Trinajstić information content (AvgIpc) is 2.82. The highest BCUT2D eigenvalue weighted by molar-refractivity contribution is 7.89. The Hall–Kier alpha value is -2.96. The molecule has 0 aliphatic rings. The first kappa shape index (κ1) is 23.7. The molecular weight excluding hydrogens is 420 g/mol. The third-order valence-electron chi connectivity index (χ3n) is 5.31. The Labute approximate surface area is 191 Å². The van der Waals surface area contributed by atoms with Crippen molar-refractivity contribution in [2.45, 2.75) is 37.1 Å². The largest absolute Gasteiger partial charge is 0.352 e. The van der Waals surface area contributed by atoms with E-state index in [2.05, 4.69) is 17.4 Å². The summed E-state index contributed by atoms with van der Waals surface area (Å²) in [5.74, 6) is -0.293. The summed E-state index contributed by atoms with van der Waals surface area (Å²) in [7, 11) is -3.78. The first-order chi connectivity index (χ1) is 15.4. The van der Waals surface area contributed by atoms with Crippen molar-refractivity contribution in [2.75, 3.05) is 13.1 Å². The lowest BCUT2D eigenvalue weighted by molar-refractivity contribution is -0.121. The normalized spacial score (nSPS) is 12.4. The molecule has 0 aromatic heterocycles. The van der Waals surface area contributed by atoms with Crippen LogP contribution in [-0.2, 0) is 27.7 Å². The molecule has 6 heteroatoms. The fourth-order valence-corrected chi connectivity index (χ4v) is 4.92. The number of nitrogens with one attached hydrogen (secondary N) is 1. The number of nitrogens with zero attached hydrogens (tertiary/aromatic N) is 1. The third kappa shape index (κ3) is 7.04. The standard InChI is InChI=1S/C26H30N2O3S/c1-22(17-18-23-11-5-2-6-12-23)27-26(29)21-28(20-19-24-13-7-3-8-14-24)32(30,31)25-15-9-4-10-16-25/h2-16,22H,17-21H2,1H3,(H,27,29)/t22-/m0/s1. The molecule has 1 amide bonds. The second kappa shape index (κ2) is 11.6. The molecule has 0 heterocycles. The van der Waals surface area contributed by atoms with Crippen LogP contribution in [0.4, 0.5) is 0 Å². The number of amides is 1. The zero-order chi connectivity index (χ0) is 22.8. The molecule has 0 saturated carbocycles. The predicted molar refractivity (Wildman–Crippen MR) is 128 cm³/mol. The number of sulfonamides is 1. The minimum atomic E-state index is -3.78. The zero-order valence-electron chi connectivity index (χ0n) is 18.4. The van der Waals surface area contributed by atoms with E-state index in [0.29, 0.717) is 6.42 Å². The van der Waals surface area contributed by atoms with Gasteiger partial charge < -0.3 is 5.32 Å². The molecule has 3 rings (SSSR count). The van der Waals surface area contributed by atoms with Gasteiger partial charge in [-0.15, -0.1) is 0 Å². The van der Waals surface area contributed by atoms with Gasteiger partial charge in [0.15, 0.2) is 0 Å². The Balaban J connectivity index is 1.65. The SMILES string of the molecule is C[C@@H](CCc1ccccc1)NC(=O)CN(CCc1ccccc1)S(=O)(=O)c1ccccc1. The van der Waals surface area contributed by atoms with Crippen molar-refractivity contribution >= 4 is 15.9 Å². The van der Waals surface area contributed by atoms with Crippen LogP contribution in [-0.4, -0.2) is 37.8 Å². The van der Waals surface area contributed by atoms with E-state index < -0.39 is 10.0 Å². The molecule has 0 radical (unpaired) electrons. The maximum absolute atomic E-state index is 13.2. The van der Waals surface area contributed by atoms with Gasteiger partial charge in [-0.2, -0.15) is 4.31 Å². The lowest BCUT2D eigenvalue weighted by Gasteiger charge is -2.23. The molecule has 1 atom stereocenters. The van der Waals surface area contributed by atoms with Crippen LogP contribution >= 0.6 is 0 Å². The highest BCUT2D eigenvalue weighted by Crippen LogP contribution is 2.16. The summed E-state index contributed by atoms with van der Waals surface area (Å²) in [6.07, 6.45) is 2.16. The Bertz CT molecular complexity index is 1070. The number of aryl methyl sites for hydroxylation is 1. The molecule has 0 fully saturated rings. The van der Waals surface area contributed by atoms with Crippen molar-refractivity contribution in [2.24, 2.45) is 0 Å². The number of benzene rings is 3. The van der Waals surface area contributed by atoms with E-state index >= 15 is 0 Å². The van der Waals surface area contributed by atoms with Gasteiger partial charge in [0.05, 0.1) is 11.4 Å². The monoisotopic (exact) mass is 450 g/mol. The van der Waals surface area contributed by atoms with Gasteiger partial charge in [-0.1, -0.05) is 78.9 Å². The number of hydrogen-bond donors (Lipinski definition) is 1. The molecule has 3 aromatic rings. The maximum atomic E-state index is 13.2. The summed E-state index contributed by atoms with van der Waals surface area (Å²) in [4.78, 5) is 12.9. The van der Waals surface area contributed by atoms with Crippen LogP contribution < -0.4 is 5.32 Å².